The van der Waals surface area contributed by atoms with E-state index in [4.69, 9.17) is 15.7 Å². The van der Waals surface area contributed by atoms with Crippen molar-refractivity contribution in [3.63, 3.8) is 0 Å². The summed E-state index contributed by atoms with van der Waals surface area (Å²) in [5.74, 6) is -0.433. The van der Waals surface area contributed by atoms with Crippen molar-refractivity contribution in [3.05, 3.63) is 54.1 Å². The van der Waals surface area contributed by atoms with E-state index < -0.39 is 23.4 Å². The predicted molar refractivity (Wildman–Crippen MR) is 102 cm³/mol. The molecule has 2 rings (SSSR count). The number of benzene rings is 2. The van der Waals surface area contributed by atoms with Crippen LogP contribution >= 0.6 is 0 Å². The molecule has 2 aromatic carbocycles. The van der Waals surface area contributed by atoms with E-state index in [0.29, 0.717) is 12.2 Å². The highest BCUT2D eigenvalue weighted by atomic mass is 16.5. The van der Waals surface area contributed by atoms with E-state index in [1.807, 2.05) is 43.3 Å². The Morgan fingerprint density at radius 3 is 2.04 bits per heavy atom. The first kappa shape index (κ1) is 20.4. The number of nitrogens with one attached hydrogen (secondary N) is 2. The van der Waals surface area contributed by atoms with Crippen molar-refractivity contribution in [2.45, 2.75) is 32.4 Å². The third-order valence-corrected chi connectivity index (χ3v) is 4.04. The van der Waals surface area contributed by atoms with Crippen LogP contribution in [0.15, 0.2) is 48.5 Å². The Labute approximate surface area is 158 Å². The second-order valence-electron chi connectivity index (χ2n) is 6.74. The van der Waals surface area contributed by atoms with Gasteiger partial charge in [0.2, 0.25) is 0 Å². The summed E-state index contributed by atoms with van der Waals surface area (Å²) >= 11 is 0. The van der Waals surface area contributed by atoms with Gasteiger partial charge in [-0.3, -0.25) is 14.8 Å². The molecule has 27 heavy (non-hydrogen) atoms. The molecule has 7 heteroatoms. The van der Waals surface area contributed by atoms with Gasteiger partial charge in [-0.1, -0.05) is 24.3 Å². The van der Waals surface area contributed by atoms with Crippen molar-refractivity contribution in [3.8, 4) is 16.9 Å². The van der Waals surface area contributed by atoms with Gasteiger partial charge in [-0.15, -0.1) is 0 Å². The van der Waals surface area contributed by atoms with E-state index in [9.17, 15) is 9.59 Å². The molecule has 0 aliphatic heterocycles. The summed E-state index contributed by atoms with van der Waals surface area (Å²) in [5, 5.41) is 11.4. The predicted octanol–water partition coefficient (Wildman–Crippen LogP) is 2.09. The average molecular weight is 371 g/mol. The number of rotatable bonds is 7. The molecule has 1 atom stereocenters. The maximum atomic E-state index is 12.4. The van der Waals surface area contributed by atoms with E-state index in [0.717, 1.165) is 16.9 Å². The molecule has 0 aliphatic carbocycles. The van der Waals surface area contributed by atoms with E-state index in [1.165, 1.54) is 5.48 Å². The number of nitrogens with two attached hydrogens (primary N) is 1. The fourth-order valence-corrected chi connectivity index (χ4v) is 2.59. The van der Waals surface area contributed by atoms with Gasteiger partial charge in [-0.25, -0.2) is 5.48 Å². The molecule has 0 heterocycles. The fourth-order valence-electron chi connectivity index (χ4n) is 2.59. The molecule has 0 saturated carbocycles. The average Bonchev–Trinajstić information content (AvgIpc) is 2.65. The molecule has 0 bridgehead atoms. The summed E-state index contributed by atoms with van der Waals surface area (Å²) in [4.78, 5) is 24.2. The normalized spacial score (nSPS) is 12.2. The summed E-state index contributed by atoms with van der Waals surface area (Å²) < 4.78 is 5.43. The summed E-state index contributed by atoms with van der Waals surface area (Å²) in [6.07, 6.45) is 0. The number of hydrogen-bond donors (Lipinski definition) is 4. The first-order valence-corrected chi connectivity index (χ1v) is 8.63. The molecule has 0 saturated heterocycles. The van der Waals surface area contributed by atoms with Gasteiger partial charge >= 0.3 is 0 Å². The van der Waals surface area contributed by atoms with Crippen molar-refractivity contribution in [2.75, 3.05) is 6.61 Å². The van der Waals surface area contributed by atoms with Gasteiger partial charge in [0, 0.05) is 11.1 Å². The van der Waals surface area contributed by atoms with Crippen LogP contribution in [0.25, 0.3) is 11.1 Å². The van der Waals surface area contributed by atoms with Gasteiger partial charge < -0.3 is 15.8 Å². The summed E-state index contributed by atoms with van der Waals surface area (Å²) in [5.41, 5.74) is 8.71. The summed E-state index contributed by atoms with van der Waals surface area (Å²) in [6, 6.07) is 13.6. The van der Waals surface area contributed by atoms with Gasteiger partial charge in [0.25, 0.3) is 11.8 Å². The van der Waals surface area contributed by atoms with Crippen molar-refractivity contribution >= 4 is 11.8 Å². The Kier molecular flexibility index (Phi) is 6.55. The van der Waals surface area contributed by atoms with Gasteiger partial charge in [0.15, 0.2) is 0 Å². The fraction of sp³-hybridized carbons (Fsp3) is 0.300. The van der Waals surface area contributed by atoms with Gasteiger partial charge in [0.1, 0.15) is 11.8 Å². The molecule has 2 aromatic rings. The van der Waals surface area contributed by atoms with Crippen LogP contribution in [0.3, 0.4) is 0 Å². The van der Waals surface area contributed by atoms with E-state index in [-0.39, 0.29) is 0 Å². The van der Waals surface area contributed by atoms with Crippen LogP contribution in [0.5, 0.6) is 5.75 Å². The van der Waals surface area contributed by atoms with Crippen LogP contribution in [-0.4, -0.2) is 35.2 Å². The molecule has 0 aliphatic rings. The van der Waals surface area contributed by atoms with E-state index in [1.54, 1.807) is 26.0 Å². The highest BCUT2D eigenvalue weighted by molar-refractivity contribution is 5.98. The van der Waals surface area contributed by atoms with E-state index >= 15 is 0 Å². The minimum absolute atomic E-state index is 0.379. The second-order valence-corrected chi connectivity index (χ2v) is 6.74. The largest absolute Gasteiger partial charge is 0.494 e. The molecular formula is C20H25N3O4. The Morgan fingerprint density at radius 2 is 1.59 bits per heavy atom. The highest BCUT2D eigenvalue weighted by Gasteiger charge is 2.33. The van der Waals surface area contributed by atoms with Crippen LogP contribution in [0.2, 0.25) is 0 Å². The molecule has 0 radical (unpaired) electrons. The standard InChI is InChI=1S/C20H25N3O4/c1-4-27-16-11-9-14(10-12-16)13-5-7-15(8-6-13)18(24)22-17(19(25)23-26)20(2,3)21/h5-12,17,26H,4,21H2,1-3H3,(H,22,24)(H,23,25)/t17-/m1/s1. The number of carbonyl (C=O) groups excluding carboxylic acids is 2. The van der Waals surface area contributed by atoms with Crippen molar-refractivity contribution in [2.24, 2.45) is 5.73 Å². The first-order chi connectivity index (χ1) is 12.8. The maximum absolute atomic E-state index is 12.4. The van der Waals surface area contributed by atoms with Gasteiger partial charge in [-0.05, 0) is 56.2 Å². The minimum Gasteiger partial charge on any atom is -0.494 e. The smallest absolute Gasteiger partial charge is 0.267 e. The highest BCUT2D eigenvalue weighted by Crippen LogP contribution is 2.23. The number of hydrogen-bond acceptors (Lipinski definition) is 5. The van der Waals surface area contributed by atoms with Crippen LogP contribution in [0.1, 0.15) is 31.1 Å². The third-order valence-electron chi connectivity index (χ3n) is 4.04. The molecule has 0 spiro atoms. The zero-order valence-electron chi connectivity index (χ0n) is 15.7. The third kappa shape index (κ3) is 5.29. The SMILES string of the molecule is CCOc1ccc(-c2ccc(C(=O)N[C@H](C(=O)NO)C(C)(C)N)cc2)cc1. The number of carbonyl (C=O) groups is 2. The Bertz CT molecular complexity index is 780. The molecular weight excluding hydrogens is 346 g/mol. The molecule has 0 unspecified atom stereocenters. The zero-order chi connectivity index (χ0) is 20.0. The second kappa shape index (κ2) is 8.66. The lowest BCUT2D eigenvalue weighted by molar-refractivity contribution is -0.132. The topological polar surface area (TPSA) is 114 Å². The lowest BCUT2D eigenvalue weighted by Gasteiger charge is -2.29. The molecule has 0 aromatic heterocycles. The van der Waals surface area contributed by atoms with Crippen molar-refractivity contribution in [1.29, 1.82) is 0 Å². The monoisotopic (exact) mass is 371 g/mol. The molecule has 144 valence electrons. The maximum Gasteiger partial charge on any atom is 0.267 e. The minimum atomic E-state index is -1.08. The van der Waals surface area contributed by atoms with Crippen LogP contribution in [0, 0.1) is 0 Å². The first-order valence-electron chi connectivity index (χ1n) is 8.63. The van der Waals surface area contributed by atoms with Crippen LogP contribution < -0.4 is 21.3 Å². The zero-order valence-corrected chi connectivity index (χ0v) is 15.7. The number of ether oxygens (including phenoxy) is 1. The van der Waals surface area contributed by atoms with Gasteiger partial charge in [0.05, 0.1) is 6.61 Å². The lowest BCUT2D eigenvalue weighted by Crippen LogP contribution is -2.61. The quantitative estimate of drug-likeness (QED) is 0.440. The molecule has 7 nitrogen and oxygen atoms in total. The number of hydroxylamine groups is 1. The summed E-state index contributed by atoms with van der Waals surface area (Å²) in [6.45, 7) is 5.71. The van der Waals surface area contributed by atoms with Crippen LogP contribution in [-0.2, 0) is 4.79 Å². The van der Waals surface area contributed by atoms with Crippen molar-refractivity contribution in [1.82, 2.24) is 10.8 Å². The molecule has 5 N–H and O–H groups in total. The van der Waals surface area contributed by atoms with Crippen LogP contribution in [0.4, 0.5) is 0 Å². The Hall–Kier alpha value is -2.90. The Balaban J connectivity index is 2.13. The van der Waals surface area contributed by atoms with Crippen molar-refractivity contribution < 1.29 is 19.5 Å². The van der Waals surface area contributed by atoms with E-state index in [2.05, 4.69) is 5.32 Å². The summed E-state index contributed by atoms with van der Waals surface area (Å²) in [7, 11) is 0. The molecule has 0 fully saturated rings. The Morgan fingerprint density at radius 1 is 1.07 bits per heavy atom. The van der Waals surface area contributed by atoms with Gasteiger partial charge in [-0.2, -0.15) is 0 Å². The number of amides is 2. The molecule has 2 amide bonds. The lowest BCUT2D eigenvalue weighted by atomic mass is 9.94.